The van der Waals surface area contributed by atoms with Gasteiger partial charge in [-0.05, 0) is 43.2 Å². The van der Waals surface area contributed by atoms with Gasteiger partial charge in [0.25, 0.3) is 11.8 Å². The van der Waals surface area contributed by atoms with E-state index in [1.54, 1.807) is 6.07 Å². The third-order valence-corrected chi connectivity index (χ3v) is 4.97. The number of carbonyl (C=O) groups excluding carboxylic acids is 2. The maximum atomic E-state index is 12.7. The molecule has 28 heavy (non-hydrogen) atoms. The van der Waals surface area contributed by atoms with Crippen LogP contribution in [-0.2, 0) is 9.59 Å². The Morgan fingerprint density at radius 1 is 1.25 bits per heavy atom. The van der Waals surface area contributed by atoms with Crippen LogP contribution in [0, 0.1) is 0 Å². The number of nitrogens with one attached hydrogen (secondary N) is 2. The summed E-state index contributed by atoms with van der Waals surface area (Å²) in [6.07, 6.45) is 1.97. The summed E-state index contributed by atoms with van der Waals surface area (Å²) in [5.74, 6) is 1.11. The van der Waals surface area contributed by atoms with E-state index in [4.69, 9.17) is 9.47 Å². The summed E-state index contributed by atoms with van der Waals surface area (Å²) >= 11 is 0. The van der Waals surface area contributed by atoms with Crippen molar-refractivity contribution in [3.8, 4) is 11.5 Å². The molecule has 2 amide bonds. The molecule has 2 aliphatic heterocycles. The van der Waals surface area contributed by atoms with E-state index < -0.39 is 6.10 Å². The number of anilines is 1. The molecular weight excluding hydrogens is 356 g/mol. The van der Waals surface area contributed by atoms with Crippen molar-refractivity contribution in [2.24, 2.45) is 0 Å². The van der Waals surface area contributed by atoms with Gasteiger partial charge in [0, 0.05) is 5.56 Å². The molecule has 0 fully saturated rings. The first-order valence-electron chi connectivity index (χ1n) is 9.40. The van der Waals surface area contributed by atoms with Crippen LogP contribution in [0.5, 0.6) is 11.5 Å². The molecule has 0 saturated carbocycles. The van der Waals surface area contributed by atoms with Crippen molar-refractivity contribution in [2.45, 2.75) is 32.4 Å². The molecule has 2 aromatic carbocycles. The normalized spacial score (nSPS) is 18.4. The average molecular weight is 378 g/mol. The van der Waals surface area contributed by atoms with Crippen LogP contribution in [0.3, 0.4) is 0 Å². The van der Waals surface area contributed by atoms with Gasteiger partial charge in [0.2, 0.25) is 0 Å². The predicted molar refractivity (Wildman–Crippen MR) is 106 cm³/mol. The second-order valence-corrected chi connectivity index (χ2v) is 6.95. The molecule has 0 aromatic heterocycles. The van der Waals surface area contributed by atoms with E-state index >= 15 is 0 Å². The first-order valence-corrected chi connectivity index (χ1v) is 9.40. The number of hydrogen-bond acceptors (Lipinski definition) is 4. The van der Waals surface area contributed by atoms with Gasteiger partial charge in [0.05, 0.1) is 17.3 Å². The molecule has 0 spiro atoms. The van der Waals surface area contributed by atoms with Crippen LogP contribution in [0.2, 0.25) is 0 Å². The molecule has 2 aromatic rings. The fourth-order valence-electron chi connectivity index (χ4n) is 3.32. The molecule has 0 bridgehead atoms. The second kappa shape index (κ2) is 7.38. The van der Waals surface area contributed by atoms with Crippen LogP contribution < -0.4 is 20.1 Å². The van der Waals surface area contributed by atoms with Crippen molar-refractivity contribution in [2.75, 3.05) is 11.9 Å². The smallest absolute Gasteiger partial charge is 0.265 e. The van der Waals surface area contributed by atoms with E-state index in [1.807, 2.05) is 56.3 Å². The summed E-state index contributed by atoms with van der Waals surface area (Å²) in [4.78, 5) is 24.6. The van der Waals surface area contributed by atoms with E-state index in [1.165, 1.54) is 0 Å². The van der Waals surface area contributed by atoms with E-state index in [0.717, 1.165) is 16.9 Å². The fraction of sp³-hybridized carbons (Fsp3) is 0.273. The Balaban J connectivity index is 1.49. The van der Waals surface area contributed by atoms with Gasteiger partial charge in [-0.1, -0.05) is 31.2 Å². The maximum absolute atomic E-state index is 12.7. The highest BCUT2D eigenvalue weighted by Gasteiger charge is 2.27. The Bertz CT molecular complexity index is 967. The molecule has 4 rings (SSSR count). The third-order valence-electron chi connectivity index (χ3n) is 4.97. The molecule has 0 unspecified atom stereocenters. The van der Waals surface area contributed by atoms with Crippen molar-refractivity contribution in [1.82, 2.24) is 5.32 Å². The number of amides is 2. The van der Waals surface area contributed by atoms with Gasteiger partial charge in [-0.25, -0.2) is 0 Å². The van der Waals surface area contributed by atoms with Gasteiger partial charge in [-0.15, -0.1) is 0 Å². The summed E-state index contributed by atoms with van der Waals surface area (Å²) in [5.41, 5.74) is 3.03. The number of rotatable bonds is 4. The molecule has 2 aliphatic rings. The third kappa shape index (κ3) is 3.45. The minimum Gasteiger partial charge on any atom is -0.488 e. The molecule has 2 heterocycles. The van der Waals surface area contributed by atoms with Gasteiger partial charge in [0.1, 0.15) is 18.1 Å². The van der Waals surface area contributed by atoms with E-state index in [-0.39, 0.29) is 24.5 Å². The van der Waals surface area contributed by atoms with Crippen LogP contribution in [0.4, 0.5) is 5.69 Å². The molecular formula is C22H22N2O4. The van der Waals surface area contributed by atoms with E-state index in [2.05, 4.69) is 10.6 Å². The molecule has 6 heteroatoms. The summed E-state index contributed by atoms with van der Waals surface area (Å²) in [7, 11) is 0. The molecule has 0 aliphatic carbocycles. The van der Waals surface area contributed by atoms with Gasteiger partial charge in [-0.2, -0.15) is 0 Å². The standard InChI is InChI=1S/C22H22N2O4/c1-3-18-22(26)24-17-9-8-14(11-20(17)28-18)13(2)23-21(25)16-10-15-6-4-5-7-19(15)27-12-16/h4-11,13,18H,3,12H2,1-2H3,(H,23,25)(H,24,26)/t13-,18+/m0/s1. The highest BCUT2D eigenvalue weighted by Crippen LogP contribution is 2.33. The minimum absolute atomic E-state index is 0.131. The lowest BCUT2D eigenvalue weighted by Gasteiger charge is -2.26. The van der Waals surface area contributed by atoms with Gasteiger partial charge in [0.15, 0.2) is 6.10 Å². The highest BCUT2D eigenvalue weighted by atomic mass is 16.5. The number of benzene rings is 2. The van der Waals surface area contributed by atoms with Crippen molar-refractivity contribution in [3.05, 3.63) is 59.2 Å². The predicted octanol–water partition coefficient (Wildman–Crippen LogP) is 3.45. The van der Waals surface area contributed by atoms with Crippen LogP contribution in [0.15, 0.2) is 48.0 Å². The van der Waals surface area contributed by atoms with Crippen LogP contribution in [-0.4, -0.2) is 24.5 Å². The Morgan fingerprint density at radius 3 is 2.89 bits per heavy atom. The van der Waals surface area contributed by atoms with Crippen molar-refractivity contribution < 1.29 is 19.1 Å². The summed E-state index contributed by atoms with van der Waals surface area (Å²) in [6, 6.07) is 12.9. The zero-order chi connectivity index (χ0) is 19.7. The molecule has 0 radical (unpaired) electrons. The van der Waals surface area contributed by atoms with E-state index in [9.17, 15) is 9.59 Å². The quantitative estimate of drug-likeness (QED) is 0.854. The molecule has 0 saturated heterocycles. The average Bonchev–Trinajstić information content (AvgIpc) is 2.72. The van der Waals surface area contributed by atoms with Crippen LogP contribution in [0.1, 0.15) is 37.4 Å². The van der Waals surface area contributed by atoms with Crippen molar-refractivity contribution in [1.29, 1.82) is 0 Å². The Hall–Kier alpha value is -3.28. The summed E-state index contributed by atoms with van der Waals surface area (Å²) in [6.45, 7) is 4.06. The SMILES string of the molecule is CC[C@H]1Oc2cc([C@H](C)NC(=O)C3=Cc4ccccc4OC3)ccc2NC1=O. The largest absolute Gasteiger partial charge is 0.488 e. The van der Waals surface area contributed by atoms with E-state index in [0.29, 0.717) is 23.4 Å². The molecule has 144 valence electrons. The Morgan fingerprint density at radius 2 is 2.07 bits per heavy atom. The molecule has 2 N–H and O–H groups in total. The first kappa shape index (κ1) is 18.1. The van der Waals surface area contributed by atoms with Crippen LogP contribution >= 0.6 is 0 Å². The zero-order valence-electron chi connectivity index (χ0n) is 15.8. The topological polar surface area (TPSA) is 76.7 Å². The van der Waals surface area contributed by atoms with Gasteiger partial charge in [-0.3, -0.25) is 9.59 Å². The highest BCUT2D eigenvalue weighted by molar-refractivity contribution is 5.99. The maximum Gasteiger partial charge on any atom is 0.265 e. The lowest BCUT2D eigenvalue weighted by molar-refractivity contribution is -0.123. The monoisotopic (exact) mass is 378 g/mol. The molecule has 2 atom stereocenters. The number of fused-ring (bicyclic) bond motifs is 2. The minimum atomic E-state index is -0.489. The first-order chi connectivity index (χ1) is 13.5. The lowest BCUT2D eigenvalue weighted by Crippen LogP contribution is -2.36. The number of hydrogen-bond donors (Lipinski definition) is 2. The van der Waals surface area contributed by atoms with Gasteiger partial charge >= 0.3 is 0 Å². The fourth-order valence-corrected chi connectivity index (χ4v) is 3.32. The molecule has 6 nitrogen and oxygen atoms in total. The summed E-state index contributed by atoms with van der Waals surface area (Å²) < 4.78 is 11.5. The summed E-state index contributed by atoms with van der Waals surface area (Å²) in [5, 5.41) is 5.86. The van der Waals surface area contributed by atoms with Crippen molar-refractivity contribution >= 4 is 23.6 Å². The lowest BCUT2D eigenvalue weighted by atomic mass is 10.0. The second-order valence-electron chi connectivity index (χ2n) is 6.95. The number of ether oxygens (including phenoxy) is 2. The van der Waals surface area contributed by atoms with Crippen molar-refractivity contribution in [3.63, 3.8) is 0 Å². The van der Waals surface area contributed by atoms with Crippen LogP contribution in [0.25, 0.3) is 6.08 Å². The number of carbonyl (C=O) groups is 2. The zero-order valence-corrected chi connectivity index (χ0v) is 15.8. The Labute approximate surface area is 163 Å². The Kier molecular flexibility index (Phi) is 4.77. The number of para-hydroxylation sites is 1. The van der Waals surface area contributed by atoms with Gasteiger partial charge < -0.3 is 20.1 Å².